The Balaban J connectivity index is 1.94. The summed E-state index contributed by atoms with van der Waals surface area (Å²) in [5, 5.41) is 15.2. The van der Waals surface area contributed by atoms with Gasteiger partial charge in [-0.25, -0.2) is 9.78 Å². The van der Waals surface area contributed by atoms with E-state index in [0.717, 1.165) is 0 Å². The van der Waals surface area contributed by atoms with E-state index < -0.39 is 17.9 Å². The van der Waals surface area contributed by atoms with Crippen LogP contribution in [0.3, 0.4) is 0 Å². The number of nitrogens with zero attached hydrogens (tertiary/aromatic N) is 4. The Morgan fingerprint density at radius 2 is 2.30 bits per heavy atom. The van der Waals surface area contributed by atoms with Gasteiger partial charge in [-0.1, -0.05) is 0 Å². The van der Waals surface area contributed by atoms with Gasteiger partial charge in [-0.15, -0.1) is 5.10 Å². The molecule has 2 aromatic heterocycles. The van der Waals surface area contributed by atoms with Gasteiger partial charge in [0, 0.05) is 6.42 Å². The maximum absolute atomic E-state index is 12.3. The van der Waals surface area contributed by atoms with Gasteiger partial charge in [-0.05, 0) is 0 Å². The lowest BCUT2D eigenvalue weighted by Gasteiger charge is -2.31. The van der Waals surface area contributed by atoms with E-state index in [0.29, 0.717) is 11.4 Å². The van der Waals surface area contributed by atoms with Crippen molar-refractivity contribution in [3.05, 3.63) is 23.5 Å². The van der Waals surface area contributed by atoms with Crippen LogP contribution in [-0.4, -0.2) is 53.1 Å². The van der Waals surface area contributed by atoms with Gasteiger partial charge in [0.1, 0.15) is 6.04 Å². The van der Waals surface area contributed by atoms with Crippen LogP contribution in [0.5, 0.6) is 0 Å². The number of nitrogen functional groups attached to an aromatic ring is 1. The molecule has 1 aliphatic rings. The standard InChI is InChI=1S/C10H11N7O3/c11-10-14-7(15-16-10)8(18)17-2-5-4(12-3-13-5)1-6(17)9(19)20/h3,6H,1-2H2,(H,12,13)(H,19,20)(H3,11,14,15,16). The predicted molar refractivity (Wildman–Crippen MR) is 64.4 cm³/mol. The molecule has 0 spiro atoms. The van der Waals surface area contributed by atoms with Crippen molar-refractivity contribution in [3.63, 3.8) is 0 Å². The van der Waals surface area contributed by atoms with Gasteiger partial charge in [-0.2, -0.15) is 4.98 Å². The molecule has 20 heavy (non-hydrogen) atoms. The number of aromatic nitrogens is 5. The van der Waals surface area contributed by atoms with E-state index in [1.165, 1.54) is 11.2 Å². The van der Waals surface area contributed by atoms with Crippen molar-refractivity contribution >= 4 is 17.8 Å². The van der Waals surface area contributed by atoms with Crippen LogP contribution in [0, 0.1) is 0 Å². The first-order chi connectivity index (χ1) is 9.56. The normalized spacial score (nSPS) is 17.8. The number of aliphatic carboxylic acids is 1. The summed E-state index contributed by atoms with van der Waals surface area (Å²) >= 11 is 0. The Labute approximate surface area is 112 Å². The highest BCUT2D eigenvalue weighted by Gasteiger charge is 2.37. The van der Waals surface area contributed by atoms with Crippen LogP contribution >= 0.6 is 0 Å². The van der Waals surface area contributed by atoms with Crippen LogP contribution in [0.4, 0.5) is 5.95 Å². The lowest BCUT2D eigenvalue weighted by Crippen LogP contribution is -2.49. The van der Waals surface area contributed by atoms with E-state index in [1.807, 2.05) is 0 Å². The molecule has 10 nitrogen and oxygen atoms in total. The first-order valence-electron chi connectivity index (χ1n) is 5.79. The first kappa shape index (κ1) is 12.1. The van der Waals surface area contributed by atoms with Crippen LogP contribution < -0.4 is 5.73 Å². The zero-order valence-corrected chi connectivity index (χ0v) is 10.2. The molecule has 2 aromatic rings. The third-order valence-electron chi connectivity index (χ3n) is 3.15. The molecule has 3 rings (SSSR count). The molecular weight excluding hydrogens is 266 g/mol. The van der Waals surface area contributed by atoms with Crippen molar-refractivity contribution in [2.45, 2.75) is 19.0 Å². The summed E-state index contributed by atoms with van der Waals surface area (Å²) in [5.41, 5.74) is 6.71. The molecule has 5 N–H and O–H groups in total. The van der Waals surface area contributed by atoms with E-state index >= 15 is 0 Å². The number of nitrogens with two attached hydrogens (primary N) is 1. The third kappa shape index (κ3) is 1.86. The number of hydrogen-bond donors (Lipinski definition) is 4. The second-order valence-corrected chi connectivity index (χ2v) is 4.36. The summed E-state index contributed by atoms with van der Waals surface area (Å²) in [4.78, 5) is 35.5. The molecule has 0 fully saturated rings. The topological polar surface area (TPSA) is 154 Å². The van der Waals surface area contributed by atoms with Gasteiger partial charge in [0.05, 0.1) is 24.3 Å². The summed E-state index contributed by atoms with van der Waals surface area (Å²) in [6.45, 7) is 0.117. The summed E-state index contributed by atoms with van der Waals surface area (Å²) in [5.74, 6) is -1.82. The van der Waals surface area contributed by atoms with Gasteiger partial charge in [0.25, 0.3) is 5.91 Å². The fourth-order valence-corrected chi connectivity index (χ4v) is 2.18. The SMILES string of the molecule is Nc1n[nH]c(C(=O)N2Cc3[nH]cnc3CC2C(=O)O)n1. The molecule has 0 saturated carbocycles. The Kier molecular flexibility index (Phi) is 2.63. The lowest BCUT2D eigenvalue weighted by molar-refractivity contribution is -0.142. The number of imidazole rings is 1. The van der Waals surface area contributed by atoms with Crippen molar-refractivity contribution in [1.82, 2.24) is 30.0 Å². The van der Waals surface area contributed by atoms with Crippen molar-refractivity contribution < 1.29 is 14.7 Å². The minimum absolute atomic E-state index is 0.0699. The summed E-state index contributed by atoms with van der Waals surface area (Å²) in [6.07, 6.45) is 1.62. The number of fused-ring (bicyclic) bond motifs is 1. The van der Waals surface area contributed by atoms with E-state index in [4.69, 9.17) is 5.73 Å². The minimum atomic E-state index is -1.10. The molecular formula is C10H11N7O3. The van der Waals surface area contributed by atoms with Crippen LogP contribution in [0.1, 0.15) is 22.0 Å². The van der Waals surface area contributed by atoms with Crippen LogP contribution in [0.15, 0.2) is 6.33 Å². The molecule has 0 aromatic carbocycles. The molecule has 1 unspecified atom stereocenters. The van der Waals surface area contributed by atoms with Gasteiger partial charge in [0.2, 0.25) is 11.8 Å². The Morgan fingerprint density at radius 1 is 1.50 bits per heavy atom. The monoisotopic (exact) mass is 277 g/mol. The number of nitrogens with one attached hydrogen (secondary N) is 2. The fourth-order valence-electron chi connectivity index (χ4n) is 2.18. The number of aromatic amines is 2. The maximum Gasteiger partial charge on any atom is 0.326 e. The smallest absolute Gasteiger partial charge is 0.326 e. The molecule has 0 aliphatic carbocycles. The predicted octanol–water partition coefficient (Wildman–Crippen LogP) is -1.24. The zero-order chi connectivity index (χ0) is 14.3. The van der Waals surface area contributed by atoms with Crippen molar-refractivity contribution in [1.29, 1.82) is 0 Å². The largest absolute Gasteiger partial charge is 0.480 e. The number of hydrogen-bond acceptors (Lipinski definition) is 6. The highest BCUT2D eigenvalue weighted by molar-refractivity contribution is 5.94. The van der Waals surface area contributed by atoms with E-state index in [1.54, 1.807) is 0 Å². The molecule has 0 bridgehead atoms. The van der Waals surface area contributed by atoms with Gasteiger partial charge in [0.15, 0.2) is 0 Å². The average molecular weight is 277 g/mol. The van der Waals surface area contributed by atoms with Crippen LogP contribution in [-0.2, 0) is 17.8 Å². The van der Waals surface area contributed by atoms with Crippen molar-refractivity contribution in [2.24, 2.45) is 0 Å². The molecule has 1 aliphatic heterocycles. The van der Waals surface area contributed by atoms with E-state index in [2.05, 4.69) is 25.1 Å². The van der Waals surface area contributed by atoms with E-state index in [-0.39, 0.29) is 24.7 Å². The summed E-state index contributed by atoms with van der Waals surface area (Å²) in [6, 6.07) is -0.996. The number of carbonyl (C=O) groups is 2. The molecule has 3 heterocycles. The Hall–Kier alpha value is -2.91. The number of rotatable bonds is 2. The maximum atomic E-state index is 12.3. The van der Waals surface area contributed by atoms with Gasteiger partial charge in [-0.3, -0.25) is 9.89 Å². The second kappa shape index (κ2) is 4.33. The molecule has 1 atom stereocenters. The van der Waals surface area contributed by atoms with Crippen molar-refractivity contribution in [3.8, 4) is 0 Å². The van der Waals surface area contributed by atoms with E-state index in [9.17, 15) is 14.7 Å². The van der Waals surface area contributed by atoms with Gasteiger partial charge < -0.3 is 20.7 Å². The molecule has 104 valence electrons. The quantitative estimate of drug-likeness (QED) is 0.535. The fraction of sp³-hybridized carbons (Fsp3) is 0.300. The molecule has 0 saturated heterocycles. The molecule has 10 heteroatoms. The highest BCUT2D eigenvalue weighted by atomic mass is 16.4. The zero-order valence-electron chi connectivity index (χ0n) is 10.2. The molecule has 1 amide bonds. The number of carboxylic acids is 1. The number of amides is 1. The first-order valence-corrected chi connectivity index (χ1v) is 5.79. The van der Waals surface area contributed by atoms with Crippen LogP contribution in [0.2, 0.25) is 0 Å². The second-order valence-electron chi connectivity index (χ2n) is 4.36. The number of anilines is 1. The Morgan fingerprint density at radius 3 is 2.95 bits per heavy atom. The molecule has 0 radical (unpaired) electrons. The summed E-state index contributed by atoms with van der Waals surface area (Å²) < 4.78 is 0. The number of carbonyl (C=O) groups excluding carboxylic acids is 1. The van der Waals surface area contributed by atoms with Gasteiger partial charge >= 0.3 is 5.97 Å². The summed E-state index contributed by atoms with van der Waals surface area (Å²) in [7, 11) is 0. The van der Waals surface area contributed by atoms with Crippen LogP contribution in [0.25, 0.3) is 0 Å². The number of carboxylic acid groups (broad SMARTS) is 1. The van der Waals surface area contributed by atoms with Crippen molar-refractivity contribution in [2.75, 3.05) is 5.73 Å². The Bertz CT molecular complexity index is 676. The minimum Gasteiger partial charge on any atom is -0.480 e. The lowest BCUT2D eigenvalue weighted by atomic mass is 10.0. The average Bonchev–Trinajstić information content (AvgIpc) is 3.04. The number of H-pyrrole nitrogens is 2. The third-order valence-corrected chi connectivity index (χ3v) is 3.15. The highest BCUT2D eigenvalue weighted by Crippen LogP contribution is 2.22.